The lowest BCUT2D eigenvalue weighted by Gasteiger charge is -2.35. The first-order valence-corrected chi connectivity index (χ1v) is 5.28. The van der Waals surface area contributed by atoms with Crippen LogP contribution in [-0.4, -0.2) is 35.5 Å². The highest BCUT2D eigenvalue weighted by atomic mass is 32.2. The van der Waals surface area contributed by atoms with Gasteiger partial charge in [0.05, 0.1) is 13.1 Å². The molecule has 0 aromatic carbocycles. The summed E-state index contributed by atoms with van der Waals surface area (Å²) in [5.74, 6) is 0.827. The molecule has 0 aliphatic carbocycles. The lowest BCUT2D eigenvalue weighted by Crippen LogP contribution is -2.48. The van der Waals surface area contributed by atoms with E-state index in [1.807, 2.05) is 17.2 Å². The first-order valence-electron chi connectivity index (χ1n) is 4.05. The Hall–Kier alpha value is -0.840. The number of halogens is 1. The molecule has 0 radical (unpaired) electrons. The lowest BCUT2D eigenvalue weighted by molar-refractivity contribution is 0.273. The van der Waals surface area contributed by atoms with E-state index in [4.69, 9.17) is 0 Å². The summed E-state index contributed by atoms with van der Waals surface area (Å²) in [7, 11) is 0. The second kappa shape index (κ2) is 3.49. The van der Waals surface area contributed by atoms with Crippen molar-refractivity contribution in [2.75, 3.05) is 24.2 Å². The summed E-state index contributed by atoms with van der Waals surface area (Å²) in [6, 6.07) is 1.81. The van der Waals surface area contributed by atoms with E-state index in [1.165, 1.54) is 11.8 Å². The van der Waals surface area contributed by atoms with Gasteiger partial charge in [-0.3, -0.25) is 0 Å². The van der Waals surface area contributed by atoms with Crippen LogP contribution in [0.3, 0.4) is 0 Å². The monoisotopic (exact) mass is 199 g/mol. The Morgan fingerprint density at radius 2 is 2.38 bits per heavy atom. The van der Waals surface area contributed by atoms with Crippen LogP contribution in [0, 0.1) is 0 Å². The number of aromatic nitrogens is 2. The Labute approximate surface area is 80.4 Å². The van der Waals surface area contributed by atoms with Crippen LogP contribution < -0.4 is 4.90 Å². The highest BCUT2D eigenvalue weighted by Crippen LogP contribution is 2.21. The second-order valence-corrected chi connectivity index (χ2v) is 3.68. The van der Waals surface area contributed by atoms with E-state index in [0.717, 1.165) is 11.0 Å². The number of hydrogen-bond acceptors (Lipinski definition) is 4. The zero-order valence-electron chi connectivity index (χ0n) is 7.27. The van der Waals surface area contributed by atoms with Crippen LogP contribution in [0.25, 0.3) is 0 Å². The summed E-state index contributed by atoms with van der Waals surface area (Å²) in [6.07, 6.45) is 2.94. The molecule has 3 nitrogen and oxygen atoms in total. The minimum atomic E-state index is -0.687. The zero-order chi connectivity index (χ0) is 9.26. The molecule has 5 heteroatoms. The first kappa shape index (κ1) is 8.74. The molecular weight excluding hydrogens is 189 g/mol. The number of rotatable bonds is 2. The molecule has 2 rings (SSSR count). The smallest absolute Gasteiger partial charge is 0.189 e. The normalized spacial score (nSPS) is 17.2. The molecule has 0 unspecified atom stereocenters. The molecular formula is C8H10FN3S. The molecule has 0 bridgehead atoms. The van der Waals surface area contributed by atoms with Gasteiger partial charge in [0.15, 0.2) is 5.16 Å². The van der Waals surface area contributed by atoms with Gasteiger partial charge in [-0.15, -0.1) is 0 Å². The Kier molecular flexibility index (Phi) is 2.35. The molecule has 0 N–H and O–H groups in total. The van der Waals surface area contributed by atoms with Gasteiger partial charge in [-0.25, -0.2) is 14.4 Å². The van der Waals surface area contributed by atoms with Crippen LogP contribution in [-0.2, 0) is 0 Å². The number of nitrogens with zero attached hydrogens (tertiary/aromatic N) is 3. The molecule has 0 spiro atoms. The maximum atomic E-state index is 12.5. The van der Waals surface area contributed by atoms with Crippen LogP contribution >= 0.6 is 11.8 Å². The van der Waals surface area contributed by atoms with E-state index in [1.54, 1.807) is 6.20 Å². The van der Waals surface area contributed by atoms with Crippen LogP contribution in [0.2, 0.25) is 0 Å². The topological polar surface area (TPSA) is 29.0 Å². The summed E-state index contributed by atoms with van der Waals surface area (Å²) in [5, 5.41) is 0.736. The summed E-state index contributed by atoms with van der Waals surface area (Å²) in [4.78, 5) is 10.2. The molecule has 1 aromatic heterocycles. The van der Waals surface area contributed by atoms with Crippen LogP contribution in [0.5, 0.6) is 0 Å². The predicted octanol–water partition coefficient (Wildman–Crippen LogP) is 1.36. The minimum Gasteiger partial charge on any atom is -0.351 e. The van der Waals surface area contributed by atoms with E-state index in [9.17, 15) is 4.39 Å². The Morgan fingerprint density at radius 1 is 1.62 bits per heavy atom. The van der Waals surface area contributed by atoms with E-state index in [-0.39, 0.29) is 0 Å². The molecule has 13 heavy (non-hydrogen) atoms. The predicted molar refractivity (Wildman–Crippen MR) is 50.9 cm³/mol. The van der Waals surface area contributed by atoms with Crippen molar-refractivity contribution >= 4 is 17.6 Å². The first-order chi connectivity index (χ1) is 6.29. The summed E-state index contributed by atoms with van der Waals surface area (Å²) >= 11 is 1.49. The standard InChI is InChI=1S/C8H10FN3S/c1-13-8-10-3-2-7(11-8)12-4-6(9)5-12/h2-3,6H,4-5H2,1H3. The highest BCUT2D eigenvalue weighted by Gasteiger charge is 2.27. The number of anilines is 1. The fourth-order valence-corrected chi connectivity index (χ4v) is 1.57. The SMILES string of the molecule is CSc1nccc(N2CC(F)C2)n1. The fraction of sp³-hybridized carbons (Fsp3) is 0.500. The molecule has 1 aromatic rings. The summed E-state index contributed by atoms with van der Waals surface area (Å²) in [5.41, 5.74) is 0. The maximum absolute atomic E-state index is 12.5. The van der Waals surface area contributed by atoms with Gasteiger partial charge in [0, 0.05) is 6.20 Å². The average molecular weight is 199 g/mol. The summed E-state index contributed by atoms with van der Waals surface area (Å²) < 4.78 is 12.5. The highest BCUT2D eigenvalue weighted by molar-refractivity contribution is 7.98. The molecule has 70 valence electrons. The van der Waals surface area contributed by atoms with Crippen molar-refractivity contribution in [1.29, 1.82) is 0 Å². The third-order valence-corrected chi connectivity index (χ3v) is 2.52. The molecule has 1 aliphatic heterocycles. The Balaban J connectivity index is 2.12. The van der Waals surface area contributed by atoms with Crippen molar-refractivity contribution < 1.29 is 4.39 Å². The van der Waals surface area contributed by atoms with Crippen molar-refractivity contribution in [3.05, 3.63) is 12.3 Å². The van der Waals surface area contributed by atoms with E-state index in [2.05, 4.69) is 9.97 Å². The van der Waals surface area contributed by atoms with Crippen LogP contribution in [0.1, 0.15) is 0 Å². The third-order valence-electron chi connectivity index (χ3n) is 1.96. The minimum absolute atomic E-state index is 0.463. The van der Waals surface area contributed by atoms with Gasteiger partial charge in [0.25, 0.3) is 0 Å². The molecule has 1 saturated heterocycles. The van der Waals surface area contributed by atoms with Gasteiger partial charge in [-0.1, -0.05) is 11.8 Å². The molecule has 0 amide bonds. The summed E-state index contributed by atoms with van der Waals surface area (Å²) in [6.45, 7) is 0.926. The van der Waals surface area contributed by atoms with Crippen molar-refractivity contribution in [3.8, 4) is 0 Å². The van der Waals surface area contributed by atoms with Crippen molar-refractivity contribution in [3.63, 3.8) is 0 Å². The van der Waals surface area contributed by atoms with E-state index < -0.39 is 6.17 Å². The molecule has 0 saturated carbocycles. The van der Waals surface area contributed by atoms with Gasteiger partial charge in [-0.2, -0.15) is 0 Å². The largest absolute Gasteiger partial charge is 0.351 e. The van der Waals surface area contributed by atoms with E-state index >= 15 is 0 Å². The quantitative estimate of drug-likeness (QED) is 0.531. The van der Waals surface area contributed by atoms with Crippen molar-refractivity contribution in [1.82, 2.24) is 9.97 Å². The van der Waals surface area contributed by atoms with Gasteiger partial charge in [0.1, 0.15) is 12.0 Å². The van der Waals surface area contributed by atoms with Crippen LogP contribution in [0.4, 0.5) is 10.2 Å². The number of hydrogen-bond donors (Lipinski definition) is 0. The van der Waals surface area contributed by atoms with Gasteiger partial charge >= 0.3 is 0 Å². The molecule has 0 atom stereocenters. The molecule has 2 heterocycles. The van der Waals surface area contributed by atoms with Crippen molar-refractivity contribution in [2.45, 2.75) is 11.3 Å². The Morgan fingerprint density at radius 3 is 3.00 bits per heavy atom. The Bertz CT molecular complexity index is 301. The zero-order valence-corrected chi connectivity index (χ0v) is 8.09. The third kappa shape index (κ3) is 1.75. The van der Waals surface area contributed by atoms with Crippen LogP contribution in [0.15, 0.2) is 17.4 Å². The van der Waals surface area contributed by atoms with Gasteiger partial charge < -0.3 is 4.90 Å². The second-order valence-electron chi connectivity index (χ2n) is 2.90. The van der Waals surface area contributed by atoms with Gasteiger partial charge in [-0.05, 0) is 12.3 Å². The van der Waals surface area contributed by atoms with E-state index in [0.29, 0.717) is 13.1 Å². The maximum Gasteiger partial charge on any atom is 0.189 e. The fourth-order valence-electron chi connectivity index (χ4n) is 1.22. The van der Waals surface area contributed by atoms with Crippen molar-refractivity contribution in [2.24, 2.45) is 0 Å². The lowest BCUT2D eigenvalue weighted by atomic mass is 10.2. The molecule has 1 fully saturated rings. The average Bonchev–Trinajstić information content (AvgIpc) is 2.13. The number of thioether (sulfide) groups is 1. The number of alkyl halides is 1. The van der Waals surface area contributed by atoms with Gasteiger partial charge in [0.2, 0.25) is 0 Å². The molecule has 1 aliphatic rings.